The molecular weight excluding hydrogens is 390 g/mol. The van der Waals surface area contributed by atoms with Crippen LogP contribution in [0.25, 0.3) is 0 Å². The van der Waals surface area contributed by atoms with E-state index in [9.17, 15) is 0 Å². The van der Waals surface area contributed by atoms with Crippen LogP contribution >= 0.6 is 23.1 Å². The Kier molecular flexibility index (Phi) is 6.06. The van der Waals surface area contributed by atoms with E-state index in [1.165, 1.54) is 17.8 Å². The molecule has 0 aromatic carbocycles. The molecule has 8 heteroatoms. The fraction of sp³-hybridized carbons (Fsp3) is 0.550. The third kappa shape index (κ3) is 4.43. The lowest BCUT2D eigenvalue weighted by atomic mass is 10.00. The van der Waals surface area contributed by atoms with Gasteiger partial charge in [-0.3, -0.25) is 4.57 Å². The number of rotatable bonds is 7. The van der Waals surface area contributed by atoms with Gasteiger partial charge in [0.2, 0.25) is 5.95 Å². The van der Waals surface area contributed by atoms with Gasteiger partial charge in [-0.2, -0.15) is 0 Å². The van der Waals surface area contributed by atoms with Crippen molar-refractivity contribution < 1.29 is 4.42 Å². The predicted octanol–water partition coefficient (Wildman–Crippen LogP) is 5.03. The van der Waals surface area contributed by atoms with Gasteiger partial charge < -0.3 is 9.32 Å². The number of thiazole rings is 1. The number of hydrogen-bond donors (Lipinski definition) is 0. The molecule has 150 valence electrons. The maximum Gasteiger partial charge on any atom is 0.228 e. The molecule has 0 aliphatic carbocycles. The average molecular weight is 418 g/mol. The van der Waals surface area contributed by atoms with Gasteiger partial charge in [0.05, 0.1) is 23.5 Å². The van der Waals surface area contributed by atoms with Gasteiger partial charge in [0.25, 0.3) is 0 Å². The lowest BCUT2D eigenvalue weighted by Crippen LogP contribution is -2.35. The molecule has 0 bridgehead atoms. The van der Waals surface area contributed by atoms with Gasteiger partial charge in [0.1, 0.15) is 5.76 Å². The van der Waals surface area contributed by atoms with Gasteiger partial charge in [0, 0.05) is 30.1 Å². The highest BCUT2D eigenvalue weighted by Gasteiger charge is 2.23. The second kappa shape index (κ2) is 8.69. The third-order valence-electron chi connectivity index (χ3n) is 5.07. The summed E-state index contributed by atoms with van der Waals surface area (Å²) < 4.78 is 7.79. The van der Waals surface area contributed by atoms with Crippen molar-refractivity contribution in [3.05, 3.63) is 40.2 Å². The van der Waals surface area contributed by atoms with Crippen molar-refractivity contribution in [2.45, 2.75) is 57.0 Å². The first-order valence-corrected chi connectivity index (χ1v) is 11.7. The maximum atomic E-state index is 5.60. The Bertz CT molecular complexity index is 878. The second-order valence-corrected chi connectivity index (χ2v) is 9.57. The molecule has 6 nitrogen and oxygen atoms in total. The maximum absolute atomic E-state index is 5.60. The van der Waals surface area contributed by atoms with Gasteiger partial charge in [-0.05, 0) is 30.9 Å². The molecule has 0 saturated carbocycles. The first-order chi connectivity index (χ1) is 13.6. The fourth-order valence-electron chi connectivity index (χ4n) is 3.32. The van der Waals surface area contributed by atoms with Crippen molar-refractivity contribution in [2.75, 3.05) is 18.0 Å². The number of anilines is 1. The lowest BCUT2D eigenvalue weighted by Gasteiger charge is -2.31. The SMILES string of the molecule is CC1CCN(c2nnc(SCc3csc(C(C)C)n3)n2Cc2ccco2)CC1. The average Bonchev–Trinajstić information content (AvgIpc) is 3.42. The number of hydrogen-bond acceptors (Lipinski definition) is 7. The van der Waals surface area contributed by atoms with E-state index in [2.05, 4.69) is 45.8 Å². The molecule has 1 fully saturated rings. The van der Waals surface area contributed by atoms with E-state index >= 15 is 0 Å². The van der Waals surface area contributed by atoms with Crippen LogP contribution in [0.5, 0.6) is 0 Å². The molecule has 0 radical (unpaired) electrons. The zero-order chi connectivity index (χ0) is 19.5. The van der Waals surface area contributed by atoms with Crippen molar-refractivity contribution in [1.82, 2.24) is 19.7 Å². The Morgan fingerprint density at radius 2 is 2.11 bits per heavy atom. The van der Waals surface area contributed by atoms with Crippen LogP contribution in [0.3, 0.4) is 0 Å². The minimum atomic E-state index is 0.472. The predicted molar refractivity (Wildman–Crippen MR) is 114 cm³/mol. The summed E-state index contributed by atoms with van der Waals surface area (Å²) in [6.07, 6.45) is 4.12. The van der Waals surface area contributed by atoms with Crippen molar-refractivity contribution in [3.8, 4) is 0 Å². The molecule has 4 rings (SSSR count). The highest BCUT2D eigenvalue weighted by molar-refractivity contribution is 7.98. The molecule has 3 aromatic heterocycles. The molecule has 0 spiro atoms. The van der Waals surface area contributed by atoms with Crippen LogP contribution in [-0.2, 0) is 12.3 Å². The van der Waals surface area contributed by atoms with E-state index in [1.807, 2.05) is 12.1 Å². The number of piperidine rings is 1. The molecule has 0 unspecified atom stereocenters. The zero-order valence-corrected chi connectivity index (χ0v) is 18.3. The Morgan fingerprint density at radius 3 is 2.79 bits per heavy atom. The molecular formula is C20H27N5OS2. The summed E-state index contributed by atoms with van der Waals surface area (Å²) >= 11 is 3.44. The van der Waals surface area contributed by atoms with Crippen LogP contribution < -0.4 is 4.90 Å². The van der Waals surface area contributed by atoms with Gasteiger partial charge in [-0.25, -0.2) is 4.98 Å². The zero-order valence-electron chi connectivity index (χ0n) is 16.7. The van der Waals surface area contributed by atoms with Gasteiger partial charge >= 0.3 is 0 Å². The normalized spacial score (nSPS) is 15.6. The van der Waals surface area contributed by atoms with E-state index in [1.54, 1.807) is 29.4 Å². The van der Waals surface area contributed by atoms with Crippen LogP contribution in [0.15, 0.2) is 33.3 Å². The summed E-state index contributed by atoms with van der Waals surface area (Å²) in [4.78, 5) is 7.11. The standard InChI is InChI=1S/C20H27N5OS2/c1-14(2)18-21-16(12-27-18)13-28-20-23-22-19(24-8-6-15(3)7-9-24)25(20)11-17-5-4-10-26-17/h4-5,10,12,14-15H,6-9,11,13H2,1-3H3. The quantitative estimate of drug-likeness (QED) is 0.503. The Balaban J connectivity index is 1.53. The highest BCUT2D eigenvalue weighted by Crippen LogP contribution is 2.29. The summed E-state index contributed by atoms with van der Waals surface area (Å²) in [6.45, 7) is 9.41. The van der Waals surface area contributed by atoms with E-state index in [0.717, 1.165) is 47.3 Å². The Hall–Kier alpha value is -1.80. The minimum Gasteiger partial charge on any atom is -0.467 e. The van der Waals surface area contributed by atoms with Gasteiger partial charge in [0.15, 0.2) is 5.16 Å². The van der Waals surface area contributed by atoms with Gasteiger partial charge in [-0.1, -0.05) is 32.5 Å². The molecule has 0 atom stereocenters. The van der Waals surface area contributed by atoms with Crippen molar-refractivity contribution in [2.24, 2.45) is 5.92 Å². The van der Waals surface area contributed by atoms with Crippen LogP contribution in [-0.4, -0.2) is 32.8 Å². The monoisotopic (exact) mass is 417 g/mol. The smallest absolute Gasteiger partial charge is 0.228 e. The van der Waals surface area contributed by atoms with Crippen LogP contribution in [0.2, 0.25) is 0 Å². The van der Waals surface area contributed by atoms with Gasteiger partial charge in [-0.15, -0.1) is 21.5 Å². The number of thioether (sulfide) groups is 1. The molecule has 1 saturated heterocycles. The topological polar surface area (TPSA) is 60.0 Å². The molecule has 0 amide bonds. The molecule has 1 aliphatic rings. The molecule has 4 heterocycles. The van der Waals surface area contributed by atoms with E-state index in [-0.39, 0.29) is 0 Å². The summed E-state index contributed by atoms with van der Waals surface area (Å²) in [7, 11) is 0. The first kappa shape index (κ1) is 19.5. The fourth-order valence-corrected chi connectivity index (χ4v) is 5.09. The number of aromatic nitrogens is 4. The minimum absolute atomic E-state index is 0.472. The van der Waals surface area contributed by atoms with Crippen molar-refractivity contribution in [1.29, 1.82) is 0 Å². The van der Waals surface area contributed by atoms with E-state index in [0.29, 0.717) is 12.5 Å². The van der Waals surface area contributed by atoms with Crippen molar-refractivity contribution >= 4 is 29.0 Å². The van der Waals surface area contributed by atoms with Crippen LogP contribution in [0.1, 0.15) is 56.0 Å². The third-order valence-corrected chi connectivity index (χ3v) is 7.26. The number of nitrogens with zero attached hydrogens (tertiary/aromatic N) is 5. The second-order valence-electron chi connectivity index (χ2n) is 7.74. The molecule has 28 heavy (non-hydrogen) atoms. The summed E-state index contributed by atoms with van der Waals surface area (Å²) in [5.74, 6) is 3.93. The summed E-state index contributed by atoms with van der Waals surface area (Å²) in [5, 5.41) is 13.3. The van der Waals surface area contributed by atoms with E-state index in [4.69, 9.17) is 9.40 Å². The van der Waals surface area contributed by atoms with E-state index < -0.39 is 0 Å². The molecule has 1 aliphatic heterocycles. The Morgan fingerprint density at radius 1 is 1.29 bits per heavy atom. The first-order valence-electron chi connectivity index (χ1n) is 9.87. The highest BCUT2D eigenvalue weighted by atomic mass is 32.2. The van der Waals surface area contributed by atoms with Crippen LogP contribution in [0.4, 0.5) is 5.95 Å². The molecule has 0 N–H and O–H groups in total. The summed E-state index contributed by atoms with van der Waals surface area (Å²) in [5.41, 5.74) is 1.11. The number of furan rings is 1. The summed E-state index contributed by atoms with van der Waals surface area (Å²) in [6, 6.07) is 3.93. The largest absolute Gasteiger partial charge is 0.467 e. The molecule has 3 aromatic rings. The Labute approximate surface area is 174 Å². The lowest BCUT2D eigenvalue weighted by molar-refractivity contribution is 0.427. The van der Waals surface area contributed by atoms with Crippen molar-refractivity contribution in [3.63, 3.8) is 0 Å². The van der Waals surface area contributed by atoms with Crippen LogP contribution in [0, 0.1) is 5.92 Å².